The van der Waals surface area contributed by atoms with Gasteiger partial charge in [-0.3, -0.25) is 0 Å². The van der Waals surface area contributed by atoms with Gasteiger partial charge in [-0.15, -0.1) is 0 Å². The highest BCUT2D eigenvalue weighted by molar-refractivity contribution is 5.38. The van der Waals surface area contributed by atoms with Crippen LogP contribution in [-0.2, 0) is 0 Å². The van der Waals surface area contributed by atoms with Gasteiger partial charge in [-0.1, -0.05) is 6.42 Å². The maximum atomic E-state index is 5.66. The molecule has 0 bridgehead atoms. The second-order valence-corrected chi connectivity index (χ2v) is 3.24. The molecule has 0 saturated carbocycles. The normalized spacial score (nSPS) is 24.2. The average Bonchev–Trinajstić information content (AvgIpc) is 2.53. The van der Waals surface area contributed by atoms with Crippen molar-refractivity contribution in [2.45, 2.75) is 25.3 Å². The van der Waals surface area contributed by atoms with Crippen LogP contribution >= 0.6 is 0 Å². The smallest absolute Gasteiger partial charge is 0.194 e. The lowest BCUT2D eigenvalue weighted by Crippen LogP contribution is -2.26. The number of furan rings is 1. The summed E-state index contributed by atoms with van der Waals surface area (Å²) in [5.41, 5.74) is 6.78. The maximum Gasteiger partial charge on any atom is 0.194 e. The Morgan fingerprint density at radius 2 is 2.42 bits per heavy atom. The molecule has 12 heavy (non-hydrogen) atoms. The third-order valence-electron chi connectivity index (χ3n) is 2.41. The van der Waals surface area contributed by atoms with Crippen molar-refractivity contribution in [2.24, 2.45) is 0 Å². The molecule has 0 aliphatic carbocycles. The van der Waals surface area contributed by atoms with Gasteiger partial charge in [0, 0.05) is 11.6 Å². The van der Waals surface area contributed by atoms with Crippen LogP contribution in [0, 0.1) is 0 Å². The molecule has 1 aliphatic heterocycles. The molecule has 1 aromatic heterocycles. The molecule has 0 amide bonds. The molecule has 1 aliphatic rings. The lowest BCUT2D eigenvalue weighted by Gasteiger charge is -2.22. The van der Waals surface area contributed by atoms with E-state index in [9.17, 15) is 0 Å². The molecule has 1 fully saturated rings. The Kier molecular flexibility index (Phi) is 2.04. The monoisotopic (exact) mass is 166 g/mol. The first-order valence-electron chi connectivity index (χ1n) is 4.44. The fourth-order valence-corrected chi connectivity index (χ4v) is 1.74. The largest absolute Gasteiger partial charge is 0.449 e. The summed E-state index contributed by atoms with van der Waals surface area (Å²) in [6.07, 6.45) is 5.38. The summed E-state index contributed by atoms with van der Waals surface area (Å²) in [5.74, 6) is 0.564. The highest BCUT2D eigenvalue weighted by Gasteiger charge is 2.18. The maximum absolute atomic E-state index is 5.66. The number of hydrogen-bond donors (Lipinski definition) is 2. The summed E-state index contributed by atoms with van der Waals surface area (Å²) < 4.78 is 5.06. The fourth-order valence-electron chi connectivity index (χ4n) is 1.74. The summed E-state index contributed by atoms with van der Waals surface area (Å²) in [7, 11) is 0. The number of hydrogen-bond acceptors (Lipinski definition) is 3. The van der Waals surface area contributed by atoms with Gasteiger partial charge in [0.15, 0.2) is 5.88 Å². The van der Waals surface area contributed by atoms with Gasteiger partial charge in [0.2, 0.25) is 0 Å². The highest BCUT2D eigenvalue weighted by Crippen LogP contribution is 2.27. The first-order chi connectivity index (χ1) is 5.88. The topological polar surface area (TPSA) is 51.2 Å². The van der Waals surface area contributed by atoms with E-state index in [1.165, 1.54) is 19.3 Å². The van der Waals surface area contributed by atoms with Crippen molar-refractivity contribution in [3.05, 3.63) is 17.9 Å². The first-order valence-corrected chi connectivity index (χ1v) is 4.44. The lowest BCUT2D eigenvalue weighted by molar-refractivity contribution is 0.411. The molecule has 0 spiro atoms. The molecule has 66 valence electrons. The minimum absolute atomic E-state index is 0.414. The van der Waals surface area contributed by atoms with Crippen LogP contribution in [0.25, 0.3) is 0 Å². The van der Waals surface area contributed by atoms with Crippen LogP contribution < -0.4 is 11.1 Å². The molecular formula is C9H14N2O. The van der Waals surface area contributed by atoms with Crippen LogP contribution in [0.2, 0.25) is 0 Å². The minimum Gasteiger partial charge on any atom is -0.449 e. The number of nitrogens with one attached hydrogen (secondary N) is 1. The van der Waals surface area contributed by atoms with E-state index >= 15 is 0 Å². The predicted molar refractivity (Wildman–Crippen MR) is 47.7 cm³/mol. The zero-order valence-electron chi connectivity index (χ0n) is 7.05. The molecule has 2 heterocycles. The van der Waals surface area contributed by atoms with Gasteiger partial charge >= 0.3 is 0 Å². The number of nitrogens with two attached hydrogens (primary N) is 1. The molecule has 3 N–H and O–H groups in total. The summed E-state index contributed by atoms with van der Waals surface area (Å²) in [6.45, 7) is 1.09. The summed E-state index contributed by atoms with van der Waals surface area (Å²) in [6, 6.07) is 2.37. The standard InChI is InChI=1S/C9H14N2O/c10-9-7(4-6-12-9)8-3-1-2-5-11-8/h4,6,8,11H,1-3,5,10H2/t8-/m1/s1. The molecule has 1 saturated heterocycles. The number of rotatable bonds is 1. The minimum atomic E-state index is 0.414. The van der Waals surface area contributed by atoms with Crippen LogP contribution in [0.5, 0.6) is 0 Å². The van der Waals surface area contributed by atoms with Crippen LogP contribution in [0.1, 0.15) is 30.9 Å². The third-order valence-corrected chi connectivity index (χ3v) is 2.41. The fraction of sp³-hybridized carbons (Fsp3) is 0.556. The van der Waals surface area contributed by atoms with Crippen LogP contribution in [0.3, 0.4) is 0 Å². The van der Waals surface area contributed by atoms with E-state index in [1.54, 1.807) is 6.26 Å². The van der Waals surface area contributed by atoms with E-state index in [2.05, 4.69) is 5.32 Å². The van der Waals surface area contributed by atoms with Crippen molar-refractivity contribution in [1.82, 2.24) is 5.32 Å². The number of nitrogen functional groups attached to an aromatic ring is 1. The zero-order chi connectivity index (χ0) is 8.39. The van der Waals surface area contributed by atoms with Gasteiger partial charge < -0.3 is 15.5 Å². The molecule has 2 rings (SSSR count). The van der Waals surface area contributed by atoms with Crippen molar-refractivity contribution >= 4 is 5.88 Å². The van der Waals surface area contributed by atoms with Crippen LogP contribution in [0.4, 0.5) is 5.88 Å². The molecule has 0 unspecified atom stereocenters. The molecule has 0 radical (unpaired) electrons. The van der Waals surface area contributed by atoms with Gasteiger partial charge in [-0.25, -0.2) is 0 Å². The summed E-state index contributed by atoms with van der Waals surface area (Å²) >= 11 is 0. The van der Waals surface area contributed by atoms with E-state index in [4.69, 9.17) is 10.2 Å². The van der Waals surface area contributed by atoms with Crippen LogP contribution in [0.15, 0.2) is 16.7 Å². The summed E-state index contributed by atoms with van der Waals surface area (Å²) in [5, 5.41) is 3.42. The van der Waals surface area contributed by atoms with Gasteiger partial charge in [0.1, 0.15) is 0 Å². The van der Waals surface area contributed by atoms with E-state index in [0.29, 0.717) is 11.9 Å². The highest BCUT2D eigenvalue weighted by atomic mass is 16.3. The van der Waals surface area contributed by atoms with Crippen molar-refractivity contribution in [3.8, 4) is 0 Å². The van der Waals surface area contributed by atoms with Crippen molar-refractivity contribution in [1.29, 1.82) is 0 Å². The molecule has 1 atom stereocenters. The van der Waals surface area contributed by atoms with Crippen molar-refractivity contribution in [3.63, 3.8) is 0 Å². The van der Waals surface area contributed by atoms with Gasteiger partial charge in [0.05, 0.1) is 6.26 Å². The third kappa shape index (κ3) is 1.32. The molecular weight excluding hydrogens is 152 g/mol. The molecule has 1 aromatic rings. The molecule has 3 nitrogen and oxygen atoms in total. The van der Waals surface area contributed by atoms with Gasteiger partial charge in [-0.2, -0.15) is 0 Å². The SMILES string of the molecule is Nc1occc1[C@H]1CCCCN1. The lowest BCUT2D eigenvalue weighted by atomic mass is 9.99. The second kappa shape index (κ2) is 3.19. The van der Waals surface area contributed by atoms with E-state index in [-0.39, 0.29) is 0 Å². The predicted octanol–water partition coefficient (Wildman–Crippen LogP) is 1.68. The van der Waals surface area contributed by atoms with E-state index in [1.807, 2.05) is 6.07 Å². The quantitative estimate of drug-likeness (QED) is 0.667. The average molecular weight is 166 g/mol. The Morgan fingerprint density at radius 3 is 3.00 bits per heavy atom. The van der Waals surface area contributed by atoms with Crippen molar-refractivity contribution in [2.75, 3.05) is 12.3 Å². The molecule has 3 heteroatoms. The Morgan fingerprint density at radius 1 is 1.50 bits per heavy atom. The number of piperidine rings is 1. The zero-order valence-corrected chi connectivity index (χ0v) is 7.05. The van der Waals surface area contributed by atoms with Crippen LogP contribution in [-0.4, -0.2) is 6.54 Å². The Hall–Kier alpha value is -0.960. The first kappa shape index (κ1) is 7.68. The number of anilines is 1. The Balaban J connectivity index is 2.13. The Labute approximate surface area is 71.9 Å². The second-order valence-electron chi connectivity index (χ2n) is 3.24. The molecule has 0 aromatic carbocycles. The van der Waals surface area contributed by atoms with E-state index in [0.717, 1.165) is 12.1 Å². The Bertz CT molecular complexity index is 251. The van der Waals surface area contributed by atoms with Gasteiger partial charge in [-0.05, 0) is 25.5 Å². The van der Waals surface area contributed by atoms with Crippen molar-refractivity contribution < 1.29 is 4.42 Å². The van der Waals surface area contributed by atoms with E-state index < -0.39 is 0 Å². The summed E-state index contributed by atoms with van der Waals surface area (Å²) in [4.78, 5) is 0. The van der Waals surface area contributed by atoms with Gasteiger partial charge in [0.25, 0.3) is 0 Å².